The molecule has 0 radical (unpaired) electrons. The molecule has 0 amide bonds. The molecule has 0 saturated carbocycles. The van der Waals surface area contributed by atoms with Crippen LogP contribution < -0.4 is 12.4 Å². The summed E-state index contributed by atoms with van der Waals surface area (Å²) in [5.41, 5.74) is 0.911. The lowest BCUT2D eigenvalue weighted by molar-refractivity contribution is -0.938. The van der Waals surface area contributed by atoms with Gasteiger partial charge in [0.1, 0.15) is 24.1 Å². The average molecular weight is 518 g/mol. The quantitative estimate of drug-likeness (QED) is 0.275. The molecule has 8 heteroatoms. The molecule has 3 aliphatic rings. The molecule has 2 aromatic carbocycles. The molecule has 3 aromatic rings. The molecule has 2 bridgehead atoms. The molecule has 1 aromatic heterocycles. The van der Waals surface area contributed by atoms with Gasteiger partial charge >= 0.3 is 5.97 Å². The van der Waals surface area contributed by atoms with Gasteiger partial charge in [-0.15, -0.1) is 11.3 Å². The number of rotatable bonds is 7. The van der Waals surface area contributed by atoms with E-state index in [-0.39, 0.29) is 36.0 Å². The number of hydrogen-bond donors (Lipinski definition) is 0. The third kappa shape index (κ3) is 5.47. The Morgan fingerprint density at radius 1 is 0.971 bits per heavy atom. The van der Waals surface area contributed by atoms with Crippen LogP contribution in [0.15, 0.2) is 66.0 Å². The Morgan fingerprint density at radius 3 is 2.14 bits per heavy atom. The van der Waals surface area contributed by atoms with Gasteiger partial charge in [0.05, 0.1) is 24.5 Å². The van der Waals surface area contributed by atoms with E-state index in [1.165, 1.54) is 35.6 Å². The van der Waals surface area contributed by atoms with Gasteiger partial charge in [-0.3, -0.25) is 9.59 Å². The fourth-order valence-electron chi connectivity index (χ4n) is 5.47. The lowest BCUT2D eigenvalue weighted by Gasteiger charge is -2.51. The number of hydrogen-bond acceptors (Lipinski definition) is 4. The molecular formula is C27H26ClF2NO3S. The van der Waals surface area contributed by atoms with E-state index in [0.717, 1.165) is 30.8 Å². The minimum atomic E-state index is -0.907. The molecule has 6 rings (SSSR count). The van der Waals surface area contributed by atoms with Crippen molar-refractivity contribution in [2.75, 3.05) is 26.2 Å². The zero-order valence-corrected chi connectivity index (χ0v) is 20.6. The van der Waals surface area contributed by atoms with Crippen molar-refractivity contribution in [1.29, 1.82) is 0 Å². The van der Waals surface area contributed by atoms with Crippen molar-refractivity contribution >= 4 is 23.1 Å². The number of ether oxygens (including phenoxy) is 1. The van der Waals surface area contributed by atoms with E-state index in [9.17, 15) is 18.4 Å². The maximum Gasteiger partial charge on any atom is 0.315 e. The van der Waals surface area contributed by atoms with Crippen LogP contribution in [0.3, 0.4) is 0 Å². The second kappa shape index (κ2) is 10.6. The van der Waals surface area contributed by atoms with Crippen molar-refractivity contribution in [2.45, 2.75) is 18.9 Å². The number of esters is 1. The number of ketones is 1. The fourth-order valence-corrected chi connectivity index (χ4v) is 6.12. The monoisotopic (exact) mass is 517 g/mol. The topological polar surface area (TPSA) is 43.4 Å². The Balaban J connectivity index is 0.00000289. The normalized spacial score (nSPS) is 23.1. The predicted molar refractivity (Wildman–Crippen MR) is 125 cm³/mol. The van der Waals surface area contributed by atoms with E-state index >= 15 is 0 Å². The van der Waals surface area contributed by atoms with Gasteiger partial charge in [0.2, 0.25) is 5.78 Å². The van der Waals surface area contributed by atoms with Gasteiger partial charge in [0, 0.05) is 12.8 Å². The first-order chi connectivity index (χ1) is 16.4. The van der Waals surface area contributed by atoms with Crippen molar-refractivity contribution in [3.05, 3.63) is 93.7 Å². The number of carbonyl (C=O) groups is 2. The first-order valence-corrected chi connectivity index (χ1v) is 12.4. The zero-order chi connectivity index (χ0) is 23.7. The highest BCUT2D eigenvalue weighted by molar-refractivity contribution is 7.12. The number of piperidine rings is 3. The van der Waals surface area contributed by atoms with Gasteiger partial charge in [0.25, 0.3) is 0 Å². The van der Waals surface area contributed by atoms with Crippen molar-refractivity contribution < 1.29 is 40.0 Å². The maximum atomic E-state index is 14.0. The second-order valence-corrected chi connectivity index (χ2v) is 10.3. The summed E-state index contributed by atoms with van der Waals surface area (Å²) in [5, 5.41) is 1.90. The molecule has 0 spiro atoms. The molecular weight excluding hydrogens is 492 g/mol. The second-order valence-electron chi connectivity index (χ2n) is 9.40. The summed E-state index contributed by atoms with van der Waals surface area (Å²) in [7, 11) is 0. The van der Waals surface area contributed by atoms with Gasteiger partial charge in [-0.1, -0.05) is 30.3 Å². The first kappa shape index (κ1) is 25.5. The molecule has 0 N–H and O–H groups in total. The predicted octanol–water partition coefficient (Wildman–Crippen LogP) is 2.40. The largest absolute Gasteiger partial charge is 1.00 e. The Labute approximate surface area is 213 Å². The van der Waals surface area contributed by atoms with E-state index < -0.39 is 17.7 Å². The van der Waals surface area contributed by atoms with Gasteiger partial charge in [0.15, 0.2) is 6.10 Å². The van der Waals surface area contributed by atoms with Gasteiger partial charge in [-0.05, 0) is 52.8 Å². The lowest BCUT2D eigenvalue weighted by Crippen LogP contribution is -3.00. The fraction of sp³-hybridized carbons (Fsp3) is 0.333. The Kier molecular flexibility index (Phi) is 7.69. The van der Waals surface area contributed by atoms with E-state index in [4.69, 9.17) is 4.74 Å². The summed E-state index contributed by atoms with van der Waals surface area (Å²) in [4.78, 5) is 27.1. The van der Waals surface area contributed by atoms with Crippen molar-refractivity contribution in [3.63, 3.8) is 0 Å². The number of Topliss-reactive ketones (excluding diaryl/α,β-unsaturated/α-hetero) is 1. The SMILES string of the molecule is O=C(C[N+]12CCC(CC1)C(C(=O)OC(c1cccc(F)c1)c1cccc(F)c1)C2)c1cccs1.[Cl-]. The molecule has 184 valence electrons. The zero-order valence-electron chi connectivity index (χ0n) is 19.0. The first-order valence-electron chi connectivity index (χ1n) is 11.6. The summed E-state index contributed by atoms with van der Waals surface area (Å²) in [6.07, 6.45) is 0.819. The van der Waals surface area contributed by atoms with E-state index in [1.807, 2.05) is 17.5 Å². The summed E-state index contributed by atoms with van der Waals surface area (Å²) in [6.45, 7) is 2.69. The number of fused-ring (bicyclic) bond motifs is 3. The summed E-state index contributed by atoms with van der Waals surface area (Å²) in [5.74, 6) is -1.30. The Bertz CT molecular complexity index is 1150. The number of thiophene rings is 1. The molecule has 1 atom stereocenters. The van der Waals surface area contributed by atoms with Crippen LogP contribution in [-0.4, -0.2) is 42.4 Å². The Morgan fingerprint density at radius 2 is 1.60 bits per heavy atom. The number of benzene rings is 2. The van der Waals surface area contributed by atoms with Gasteiger partial charge < -0.3 is 21.6 Å². The van der Waals surface area contributed by atoms with Crippen molar-refractivity contribution in [2.24, 2.45) is 11.8 Å². The Hall–Kier alpha value is -2.61. The molecule has 4 nitrogen and oxygen atoms in total. The van der Waals surface area contributed by atoms with Crippen LogP contribution in [0.4, 0.5) is 8.78 Å². The molecule has 4 heterocycles. The number of quaternary nitrogens is 1. The summed E-state index contributed by atoms with van der Waals surface area (Å²) < 4.78 is 34.5. The molecule has 35 heavy (non-hydrogen) atoms. The van der Waals surface area contributed by atoms with Crippen LogP contribution in [0.25, 0.3) is 0 Å². The molecule has 1 unspecified atom stereocenters. The highest BCUT2D eigenvalue weighted by atomic mass is 35.5. The van der Waals surface area contributed by atoms with Gasteiger partial charge in [-0.2, -0.15) is 0 Å². The van der Waals surface area contributed by atoms with Crippen LogP contribution in [0.5, 0.6) is 0 Å². The van der Waals surface area contributed by atoms with E-state index in [1.54, 1.807) is 24.3 Å². The number of nitrogens with zero attached hydrogens (tertiary/aromatic N) is 1. The third-order valence-electron chi connectivity index (χ3n) is 7.22. The summed E-state index contributed by atoms with van der Waals surface area (Å²) >= 11 is 1.44. The van der Waals surface area contributed by atoms with Crippen molar-refractivity contribution in [1.82, 2.24) is 0 Å². The lowest BCUT2D eigenvalue weighted by atomic mass is 9.77. The smallest absolute Gasteiger partial charge is 0.315 e. The standard InChI is InChI=1S/C27H26F2NO3S.ClH/c28-21-6-1-4-19(14-21)26(20-5-2-7-22(29)15-20)33-27(32)23-16-30(11-9-18(23)10-12-30)17-24(31)25-8-3-13-34-25;/h1-8,13-15,18,23,26H,9-12,16-17H2;1H/q+1;/p-1. The highest BCUT2D eigenvalue weighted by Gasteiger charge is 2.50. The molecule has 3 fully saturated rings. The molecule has 0 aliphatic carbocycles. The molecule has 3 aliphatic heterocycles. The van der Waals surface area contributed by atoms with Crippen LogP contribution >= 0.6 is 11.3 Å². The molecule has 3 saturated heterocycles. The van der Waals surface area contributed by atoms with Crippen LogP contribution in [0.2, 0.25) is 0 Å². The van der Waals surface area contributed by atoms with E-state index in [0.29, 0.717) is 28.7 Å². The van der Waals surface area contributed by atoms with Crippen molar-refractivity contribution in [3.8, 4) is 0 Å². The number of halogens is 3. The van der Waals surface area contributed by atoms with Crippen LogP contribution in [0, 0.1) is 23.5 Å². The maximum absolute atomic E-state index is 14.0. The minimum Gasteiger partial charge on any atom is -1.00 e. The summed E-state index contributed by atoms with van der Waals surface area (Å²) in [6, 6.07) is 15.4. The van der Waals surface area contributed by atoms with Crippen LogP contribution in [-0.2, 0) is 9.53 Å². The van der Waals surface area contributed by atoms with Crippen LogP contribution in [0.1, 0.15) is 39.7 Å². The minimum absolute atomic E-state index is 0. The van der Waals surface area contributed by atoms with Gasteiger partial charge in [-0.25, -0.2) is 8.78 Å². The number of carbonyl (C=O) groups excluding carboxylic acids is 2. The highest BCUT2D eigenvalue weighted by Crippen LogP contribution is 2.40. The third-order valence-corrected chi connectivity index (χ3v) is 8.13. The van der Waals surface area contributed by atoms with E-state index in [2.05, 4.69) is 0 Å². The average Bonchev–Trinajstić information content (AvgIpc) is 3.38.